The van der Waals surface area contributed by atoms with Crippen LogP contribution in [0.1, 0.15) is 35.4 Å². The summed E-state index contributed by atoms with van der Waals surface area (Å²) in [6.45, 7) is 5.77. The van der Waals surface area contributed by atoms with Crippen molar-refractivity contribution in [2.75, 3.05) is 11.4 Å². The van der Waals surface area contributed by atoms with Crippen molar-refractivity contribution in [3.8, 4) is 0 Å². The van der Waals surface area contributed by atoms with E-state index >= 15 is 0 Å². The number of nitrogens with zero attached hydrogens (tertiary/aromatic N) is 1. The van der Waals surface area contributed by atoms with Crippen LogP contribution in [-0.4, -0.2) is 12.6 Å². The van der Waals surface area contributed by atoms with Crippen molar-refractivity contribution in [3.05, 3.63) is 77.4 Å². The summed E-state index contributed by atoms with van der Waals surface area (Å²) in [6.07, 6.45) is 0. The first-order valence-electron chi connectivity index (χ1n) is 9.50. The maximum absolute atomic E-state index is 6.09. The second-order valence-electron chi connectivity index (χ2n) is 7.89. The van der Waals surface area contributed by atoms with Gasteiger partial charge in [-0.2, -0.15) is 0 Å². The van der Waals surface area contributed by atoms with E-state index in [9.17, 15) is 0 Å². The van der Waals surface area contributed by atoms with E-state index in [0.29, 0.717) is 17.9 Å². The SMILES string of the molecule is Cc1cc2oc3ccccc3c2cc1C1C2CN(c3ccccc32)C1C. The zero-order valence-electron chi connectivity index (χ0n) is 15.1. The van der Waals surface area contributed by atoms with Gasteiger partial charge in [-0.1, -0.05) is 36.4 Å². The minimum Gasteiger partial charge on any atom is -0.456 e. The molecule has 0 spiro atoms. The molecule has 3 atom stereocenters. The molecule has 0 N–H and O–H groups in total. The van der Waals surface area contributed by atoms with Gasteiger partial charge in [0.2, 0.25) is 0 Å². The average Bonchev–Trinajstić information content (AvgIpc) is 3.30. The molecule has 1 fully saturated rings. The van der Waals surface area contributed by atoms with Gasteiger partial charge in [0, 0.05) is 40.9 Å². The molecule has 6 rings (SSSR count). The zero-order valence-corrected chi connectivity index (χ0v) is 15.1. The predicted molar refractivity (Wildman–Crippen MR) is 107 cm³/mol. The summed E-state index contributed by atoms with van der Waals surface area (Å²) in [7, 11) is 0. The molecular formula is C24H21NO. The average molecular weight is 339 g/mol. The Morgan fingerprint density at radius 3 is 2.62 bits per heavy atom. The van der Waals surface area contributed by atoms with Gasteiger partial charge in [-0.25, -0.2) is 0 Å². The minimum absolute atomic E-state index is 0.532. The van der Waals surface area contributed by atoms with Crippen LogP contribution in [0, 0.1) is 6.92 Å². The van der Waals surface area contributed by atoms with Crippen molar-refractivity contribution in [1.29, 1.82) is 0 Å². The third-order valence-corrected chi connectivity index (χ3v) is 6.61. The van der Waals surface area contributed by atoms with E-state index < -0.39 is 0 Å². The van der Waals surface area contributed by atoms with Crippen LogP contribution in [0.5, 0.6) is 0 Å². The quantitative estimate of drug-likeness (QED) is 0.424. The van der Waals surface area contributed by atoms with Gasteiger partial charge in [-0.3, -0.25) is 0 Å². The van der Waals surface area contributed by atoms with Crippen molar-refractivity contribution in [1.82, 2.24) is 0 Å². The normalized spacial score (nSPS) is 23.9. The lowest BCUT2D eigenvalue weighted by Crippen LogP contribution is -2.31. The number of para-hydroxylation sites is 2. The number of rotatable bonds is 1. The molecule has 3 unspecified atom stereocenters. The van der Waals surface area contributed by atoms with E-state index in [-0.39, 0.29) is 0 Å². The number of benzene rings is 3. The van der Waals surface area contributed by atoms with Gasteiger partial charge in [0.25, 0.3) is 0 Å². The number of hydrogen-bond acceptors (Lipinski definition) is 2. The Morgan fingerprint density at radius 2 is 1.69 bits per heavy atom. The second kappa shape index (κ2) is 4.91. The van der Waals surface area contributed by atoms with Crippen LogP contribution in [0.4, 0.5) is 5.69 Å². The van der Waals surface area contributed by atoms with Gasteiger partial charge >= 0.3 is 0 Å². The van der Waals surface area contributed by atoms with E-state index in [1.807, 2.05) is 6.07 Å². The van der Waals surface area contributed by atoms with Gasteiger partial charge in [0.15, 0.2) is 0 Å². The highest BCUT2D eigenvalue weighted by Crippen LogP contribution is 2.54. The number of anilines is 1. The molecule has 3 heterocycles. The van der Waals surface area contributed by atoms with Crippen LogP contribution in [0.2, 0.25) is 0 Å². The first-order chi connectivity index (χ1) is 12.7. The van der Waals surface area contributed by atoms with Crippen molar-refractivity contribution >= 4 is 27.6 Å². The molecule has 26 heavy (non-hydrogen) atoms. The number of furan rings is 1. The first-order valence-corrected chi connectivity index (χ1v) is 9.50. The third-order valence-electron chi connectivity index (χ3n) is 6.61. The van der Waals surface area contributed by atoms with Crippen LogP contribution in [0.15, 0.2) is 65.1 Å². The fourth-order valence-electron chi connectivity index (χ4n) is 5.42. The lowest BCUT2D eigenvalue weighted by atomic mass is 9.77. The molecule has 3 aromatic carbocycles. The maximum Gasteiger partial charge on any atom is 0.135 e. The highest BCUT2D eigenvalue weighted by atomic mass is 16.3. The Hall–Kier alpha value is -2.74. The smallest absolute Gasteiger partial charge is 0.135 e. The summed E-state index contributed by atoms with van der Waals surface area (Å²) in [5.41, 5.74) is 7.78. The lowest BCUT2D eigenvalue weighted by molar-refractivity contribution is 0.567. The summed E-state index contributed by atoms with van der Waals surface area (Å²) in [5.74, 6) is 1.14. The maximum atomic E-state index is 6.09. The molecule has 0 radical (unpaired) electrons. The number of hydrogen-bond donors (Lipinski definition) is 0. The van der Waals surface area contributed by atoms with Gasteiger partial charge in [-0.05, 0) is 54.8 Å². The summed E-state index contributed by atoms with van der Waals surface area (Å²) in [6, 6.07) is 22.5. The summed E-state index contributed by atoms with van der Waals surface area (Å²) in [5, 5.41) is 2.47. The van der Waals surface area contributed by atoms with Crippen LogP contribution in [-0.2, 0) is 0 Å². The molecule has 0 amide bonds. The fraction of sp³-hybridized carbons (Fsp3) is 0.250. The Kier molecular flexibility index (Phi) is 2.73. The molecule has 2 aliphatic heterocycles. The van der Waals surface area contributed by atoms with Gasteiger partial charge in [0.05, 0.1) is 0 Å². The predicted octanol–water partition coefficient (Wildman–Crippen LogP) is 5.98. The van der Waals surface area contributed by atoms with Crippen molar-refractivity contribution in [2.45, 2.75) is 31.7 Å². The minimum atomic E-state index is 0.532. The number of fused-ring (bicyclic) bond motifs is 8. The fourth-order valence-corrected chi connectivity index (χ4v) is 5.42. The van der Waals surface area contributed by atoms with Gasteiger partial charge < -0.3 is 9.32 Å². The molecule has 1 aromatic heterocycles. The van der Waals surface area contributed by atoms with E-state index in [2.05, 4.69) is 73.3 Å². The Labute approximate surface area is 153 Å². The summed E-state index contributed by atoms with van der Waals surface area (Å²) in [4.78, 5) is 2.60. The molecule has 1 saturated heterocycles. The molecule has 2 nitrogen and oxygen atoms in total. The second-order valence-corrected chi connectivity index (χ2v) is 7.89. The highest BCUT2D eigenvalue weighted by Gasteiger charge is 2.47. The summed E-state index contributed by atoms with van der Waals surface area (Å²) >= 11 is 0. The largest absolute Gasteiger partial charge is 0.456 e. The molecule has 4 aromatic rings. The standard InChI is InChI=1S/C24H21NO/c1-14-11-23-19(17-8-4-6-10-22(17)26-23)12-18(14)24-15(2)25-13-20(24)16-7-3-5-9-21(16)25/h3-12,15,20,24H,13H2,1-2H3. The molecule has 2 bridgehead atoms. The summed E-state index contributed by atoms with van der Waals surface area (Å²) < 4.78 is 6.09. The van der Waals surface area contributed by atoms with Crippen LogP contribution >= 0.6 is 0 Å². The molecular weight excluding hydrogens is 318 g/mol. The Bertz CT molecular complexity index is 1170. The van der Waals surface area contributed by atoms with Crippen molar-refractivity contribution < 1.29 is 4.42 Å². The van der Waals surface area contributed by atoms with E-state index in [0.717, 1.165) is 17.7 Å². The molecule has 0 aliphatic carbocycles. The van der Waals surface area contributed by atoms with Crippen molar-refractivity contribution in [2.24, 2.45) is 0 Å². The van der Waals surface area contributed by atoms with Crippen LogP contribution < -0.4 is 4.90 Å². The Balaban J connectivity index is 1.57. The molecule has 2 aliphatic rings. The third kappa shape index (κ3) is 1.72. The van der Waals surface area contributed by atoms with E-state index in [4.69, 9.17) is 4.42 Å². The topological polar surface area (TPSA) is 16.4 Å². The molecule has 2 heteroatoms. The Morgan fingerprint density at radius 1 is 0.885 bits per heavy atom. The van der Waals surface area contributed by atoms with Gasteiger partial charge in [-0.15, -0.1) is 0 Å². The first kappa shape index (κ1) is 14.4. The monoisotopic (exact) mass is 339 g/mol. The van der Waals surface area contributed by atoms with E-state index in [1.54, 1.807) is 0 Å². The van der Waals surface area contributed by atoms with E-state index in [1.165, 1.54) is 33.2 Å². The lowest BCUT2D eigenvalue weighted by Gasteiger charge is -2.33. The molecule has 0 saturated carbocycles. The van der Waals surface area contributed by atoms with Gasteiger partial charge in [0.1, 0.15) is 11.2 Å². The van der Waals surface area contributed by atoms with Crippen molar-refractivity contribution in [3.63, 3.8) is 0 Å². The molecule has 128 valence electrons. The van der Waals surface area contributed by atoms with Crippen LogP contribution in [0.25, 0.3) is 21.9 Å². The van der Waals surface area contributed by atoms with Crippen LogP contribution in [0.3, 0.4) is 0 Å². The highest BCUT2D eigenvalue weighted by molar-refractivity contribution is 6.05. The number of aryl methyl sites for hydroxylation is 1. The zero-order chi connectivity index (χ0) is 17.4.